The Morgan fingerprint density at radius 1 is 1.19 bits per heavy atom. The standard InChI is InChI=1S/C22H20N6O3/c1-27-12-19(25-26-27)15-10-16(15)21-17(22(30)31-2)11-23-28(21)20-8-4-7-18(24-20)13-5-3-6-14(29)9-13/h3-9,11-12,15-16,29H,10H2,1-2H3/t15-,16-/m1/s1. The van der Waals surface area contributed by atoms with Gasteiger partial charge in [-0.05, 0) is 30.7 Å². The average molecular weight is 416 g/mol. The minimum Gasteiger partial charge on any atom is -0.508 e. The predicted molar refractivity (Wildman–Crippen MR) is 111 cm³/mol. The second-order valence-electron chi connectivity index (χ2n) is 7.54. The van der Waals surface area contributed by atoms with Crippen molar-refractivity contribution < 1.29 is 14.6 Å². The van der Waals surface area contributed by atoms with E-state index >= 15 is 0 Å². The van der Waals surface area contributed by atoms with Crippen LogP contribution >= 0.6 is 0 Å². The highest BCUT2D eigenvalue weighted by Gasteiger charge is 2.46. The maximum absolute atomic E-state index is 12.4. The first-order valence-electron chi connectivity index (χ1n) is 9.84. The highest BCUT2D eigenvalue weighted by atomic mass is 16.5. The molecule has 1 aliphatic rings. The number of carbonyl (C=O) groups is 1. The van der Waals surface area contributed by atoms with Crippen LogP contribution in [0.3, 0.4) is 0 Å². The van der Waals surface area contributed by atoms with E-state index < -0.39 is 5.97 Å². The number of pyridine rings is 1. The Morgan fingerprint density at radius 3 is 2.77 bits per heavy atom. The molecule has 1 aliphatic carbocycles. The highest BCUT2D eigenvalue weighted by molar-refractivity contribution is 5.91. The summed E-state index contributed by atoms with van der Waals surface area (Å²) >= 11 is 0. The summed E-state index contributed by atoms with van der Waals surface area (Å²) in [5.41, 5.74) is 3.53. The molecule has 0 unspecified atom stereocenters. The summed E-state index contributed by atoms with van der Waals surface area (Å²) in [6.45, 7) is 0. The van der Waals surface area contributed by atoms with Crippen molar-refractivity contribution in [2.24, 2.45) is 7.05 Å². The molecule has 3 aromatic heterocycles. The molecular formula is C22H20N6O3. The van der Waals surface area contributed by atoms with Crippen molar-refractivity contribution >= 4 is 5.97 Å². The third-order valence-corrected chi connectivity index (χ3v) is 5.45. The fourth-order valence-corrected chi connectivity index (χ4v) is 3.89. The first-order valence-corrected chi connectivity index (χ1v) is 9.84. The van der Waals surface area contributed by atoms with E-state index in [0.29, 0.717) is 17.1 Å². The van der Waals surface area contributed by atoms with Gasteiger partial charge in [-0.1, -0.05) is 23.4 Å². The molecule has 5 rings (SSSR count). The van der Waals surface area contributed by atoms with Crippen LogP contribution in [0.2, 0.25) is 0 Å². The largest absolute Gasteiger partial charge is 0.508 e. The van der Waals surface area contributed by atoms with Crippen LogP contribution in [0.25, 0.3) is 17.1 Å². The first-order chi connectivity index (χ1) is 15.0. The molecule has 156 valence electrons. The SMILES string of the molecule is COC(=O)c1cnn(-c2cccc(-c3cccc(O)c3)n2)c1[C@@H]1C[C@H]1c1cn(C)nn1. The average Bonchev–Trinajstić information content (AvgIpc) is 3.23. The van der Waals surface area contributed by atoms with Crippen LogP contribution < -0.4 is 0 Å². The molecule has 1 saturated carbocycles. The van der Waals surface area contributed by atoms with Gasteiger partial charge in [0, 0.05) is 30.6 Å². The normalized spacial score (nSPS) is 17.5. The number of rotatable bonds is 5. The van der Waals surface area contributed by atoms with Crippen LogP contribution in [0, 0.1) is 0 Å². The second-order valence-corrected chi connectivity index (χ2v) is 7.54. The second kappa shape index (κ2) is 7.35. The number of benzene rings is 1. The molecule has 1 N–H and O–H groups in total. The third-order valence-electron chi connectivity index (χ3n) is 5.45. The molecule has 9 heteroatoms. The van der Waals surface area contributed by atoms with Crippen LogP contribution in [0.15, 0.2) is 54.9 Å². The van der Waals surface area contributed by atoms with Crippen molar-refractivity contribution in [2.45, 2.75) is 18.3 Å². The lowest BCUT2D eigenvalue weighted by molar-refractivity contribution is 0.0599. The molecule has 0 radical (unpaired) electrons. The Kier molecular flexibility index (Phi) is 4.50. The number of aromatic nitrogens is 6. The summed E-state index contributed by atoms with van der Waals surface area (Å²) in [5, 5.41) is 22.5. The van der Waals surface area contributed by atoms with Crippen LogP contribution in [-0.4, -0.2) is 47.9 Å². The minimum absolute atomic E-state index is 0.0551. The fraction of sp³-hybridized carbons (Fsp3) is 0.227. The Labute approximate surface area is 177 Å². The summed E-state index contributed by atoms with van der Waals surface area (Å²) in [7, 11) is 3.19. The number of phenolic OH excluding ortho intramolecular Hbond substituents is 1. The van der Waals surface area contributed by atoms with E-state index in [9.17, 15) is 9.90 Å². The fourth-order valence-electron chi connectivity index (χ4n) is 3.89. The number of phenols is 1. The van der Waals surface area contributed by atoms with E-state index in [4.69, 9.17) is 9.72 Å². The minimum atomic E-state index is -0.435. The molecule has 0 amide bonds. The number of nitrogens with zero attached hydrogens (tertiary/aromatic N) is 6. The van der Waals surface area contributed by atoms with Crippen molar-refractivity contribution in [2.75, 3.05) is 7.11 Å². The van der Waals surface area contributed by atoms with Crippen LogP contribution in [0.1, 0.15) is 40.0 Å². The van der Waals surface area contributed by atoms with Crippen molar-refractivity contribution in [3.63, 3.8) is 0 Å². The Balaban J connectivity index is 1.57. The Hall–Kier alpha value is -4.01. The smallest absolute Gasteiger partial charge is 0.341 e. The maximum Gasteiger partial charge on any atom is 0.341 e. The molecule has 3 heterocycles. The summed E-state index contributed by atoms with van der Waals surface area (Å²) in [5.74, 6) is 0.523. The van der Waals surface area contributed by atoms with Gasteiger partial charge in [0.15, 0.2) is 5.82 Å². The van der Waals surface area contributed by atoms with E-state index in [-0.39, 0.29) is 17.6 Å². The number of aromatic hydroxyl groups is 1. The molecule has 1 fully saturated rings. The van der Waals surface area contributed by atoms with Crippen molar-refractivity contribution in [1.29, 1.82) is 0 Å². The van der Waals surface area contributed by atoms with Gasteiger partial charge >= 0.3 is 5.97 Å². The van der Waals surface area contributed by atoms with E-state index in [2.05, 4.69) is 15.4 Å². The molecule has 2 atom stereocenters. The number of ether oxygens (including phenoxy) is 1. The number of aryl methyl sites for hydroxylation is 1. The number of hydrogen-bond acceptors (Lipinski definition) is 7. The Bertz CT molecular complexity index is 1280. The van der Waals surface area contributed by atoms with Gasteiger partial charge in [-0.3, -0.25) is 4.68 Å². The Morgan fingerprint density at radius 2 is 2.03 bits per heavy atom. The van der Waals surface area contributed by atoms with Gasteiger partial charge in [-0.25, -0.2) is 14.5 Å². The van der Waals surface area contributed by atoms with Crippen molar-refractivity contribution in [3.8, 4) is 22.8 Å². The number of carbonyl (C=O) groups excluding carboxylic acids is 1. The van der Waals surface area contributed by atoms with Gasteiger partial charge in [0.25, 0.3) is 0 Å². The molecule has 0 bridgehead atoms. The van der Waals surface area contributed by atoms with Gasteiger partial charge in [0.2, 0.25) is 0 Å². The van der Waals surface area contributed by atoms with Gasteiger partial charge in [-0.2, -0.15) is 5.10 Å². The zero-order chi connectivity index (χ0) is 21.5. The van der Waals surface area contributed by atoms with Crippen LogP contribution in [-0.2, 0) is 11.8 Å². The van der Waals surface area contributed by atoms with Gasteiger partial charge in [0.05, 0.1) is 30.4 Å². The summed E-state index contributed by atoms with van der Waals surface area (Å²) < 4.78 is 8.35. The van der Waals surface area contributed by atoms with Crippen LogP contribution in [0.4, 0.5) is 0 Å². The number of esters is 1. The first kappa shape index (κ1) is 19.0. The monoisotopic (exact) mass is 416 g/mol. The number of hydrogen-bond donors (Lipinski definition) is 1. The molecule has 0 spiro atoms. The maximum atomic E-state index is 12.4. The van der Waals surface area contributed by atoms with Crippen molar-refractivity contribution in [3.05, 3.63) is 71.8 Å². The quantitative estimate of drug-likeness (QED) is 0.498. The van der Waals surface area contributed by atoms with E-state index in [1.807, 2.05) is 37.5 Å². The third kappa shape index (κ3) is 3.43. The summed E-state index contributed by atoms with van der Waals surface area (Å²) in [6.07, 6.45) is 4.25. The number of methoxy groups -OCH3 is 1. The molecule has 4 aromatic rings. The van der Waals surface area contributed by atoms with E-state index in [1.165, 1.54) is 13.3 Å². The highest BCUT2D eigenvalue weighted by Crippen LogP contribution is 2.55. The van der Waals surface area contributed by atoms with Gasteiger partial charge in [-0.15, -0.1) is 5.10 Å². The van der Waals surface area contributed by atoms with Gasteiger partial charge in [0.1, 0.15) is 11.3 Å². The zero-order valence-corrected chi connectivity index (χ0v) is 17.0. The molecule has 0 aliphatic heterocycles. The van der Waals surface area contributed by atoms with E-state index in [0.717, 1.165) is 23.4 Å². The summed E-state index contributed by atoms with van der Waals surface area (Å²) in [6, 6.07) is 12.5. The lowest BCUT2D eigenvalue weighted by Crippen LogP contribution is -2.09. The van der Waals surface area contributed by atoms with E-state index in [1.54, 1.807) is 27.6 Å². The molecule has 1 aromatic carbocycles. The lowest BCUT2D eigenvalue weighted by atomic mass is 10.1. The summed E-state index contributed by atoms with van der Waals surface area (Å²) in [4.78, 5) is 17.2. The molecule has 9 nitrogen and oxygen atoms in total. The predicted octanol–water partition coefficient (Wildman–Crippen LogP) is 2.83. The zero-order valence-electron chi connectivity index (χ0n) is 17.0. The molecule has 31 heavy (non-hydrogen) atoms. The van der Waals surface area contributed by atoms with Crippen LogP contribution in [0.5, 0.6) is 5.75 Å². The topological polar surface area (TPSA) is 108 Å². The molecular weight excluding hydrogens is 396 g/mol. The van der Waals surface area contributed by atoms with Crippen molar-refractivity contribution in [1.82, 2.24) is 29.8 Å². The van der Waals surface area contributed by atoms with Gasteiger partial charge < -0.3 is 9.84 Å². The lowest BCUT2D eigenvalue weighted by Gasteiger charge is -2.10. The molecule has 0 saturated heterocycles.